The van der Waals surface area contributed by atoms with Gasteiger partial charge in [-0.05, 0) is 109 Å². The molecule has 7 heteroatoms. The minimum absolute atomic E-state index is 0.00427. The maximum atomic E-state index is 12.8. The summed E-state index contributed by atoms with van der Waals surface area (Å²) in [4.78, 5) is 36.5. The van der Waals surface area contributed by atoms with Crippen molar-refractivity contribution in [3.63, 3.8) is 0 Å². The van der Waals surface area contributed by atoms with Gasteiger partial charge in [-0.3, -0.25) is 9.59 Å². The van der Waals surface area contributed by atoms with Gasteiger partial charge in [0.1, 0.15) is 12.1 Å². The van der Waals surface area contributed by atoms with E-state index in [9.17, 15) is 19.5 Å². The Hall–Kier alpha value is -2.15. The molecule has 2 atom stereocenters. The first-order valence-electron chi connectivity index (χ1n) is 24.2. The number of unbranched alkanes of at least 4 members (excludes halogenated alkanes) is 26. The number of nitrogens with one attached hydrogen (secondary N) is 1. The number of ether oxygens (including phenoxy) is 1. The molecule has 2 unspecified atom stereocenters. The molecule has 0 radical (unpaired) electrons. The van der Waals surface area contributed by atoms with Crippen LogP contribution in [0.4, 0.5) is 0 Å². The molecule has 56 heavy (non-hydrogen) atoms. The van der Waals surface area contributed by atoms with Gasteiger partial charge >= 0.3 is 11.9 Å². The van der Waals surface area contributed by atoms with Crippen molar-refractivity contribution in [3.8, 4) is 0 Å². The zero-order chi connectivity index (χ0) is 41.0. The summed E-state index contributed by atoms with van der Waals surface area (Å²) in [6.45, 7) is 4.95. The van der Waals surface area contributed by atoms with Gasteiger partial charge in [0.25, 0.3) is 0 Å². The van der Waals surface area contributed by atoms with Crippen LogP contribution < -0.4 is 11.1 Å². The summed E-state index contributed by atoms with van der Waals surface area (Å²) in [5.41, 5.74) is 5.49. The molecule has 1 amide bonds. The second kappa shape index (κ2) is 44.0. The molecule has 0 aliphatic carbocycles. The van der Waals surface area contributed by atoms with Gasteiger partial charge in [0.15, 0.2) is 0 Å². The Morgan fingerprint density at radius 3 is 1.30 bits per heavy atom. The number of allylic oxidation sites excluding steroid dienone is 4. The highest BCUT2D eigenvalue weighted by Gasteiger charge is 2.19. The SMILES string of the molecule is CCCCCCCC/C=C\CCCCCCCC(=O)OC(CCCCC/C=C\CCCCCCCCCC)CCCCCCCC(=O)NC(CCCN)C(=O)O. The third-order valence-electron chi connectivity index (χ3n) is 11.0. The minimum Gasteiger partial charge on any atom is -0.480 e. The van der Waals surface area contributed by atoms with E-state index in [4.69, 9.17) is 10.5 Å². The number of carboxylic acids is 1. The lowest BCUT2D eigenvalue weighted by molar-refractivity contribution is -0.150. The van der Waals surface area contributed by atoms with Crippen LogP contribution in [0.15, 0.2) is 24.3 Å². The minimum atomic E-state index is -1.00. The third kappa shape index (κ3) is 40.1. The predicted octanol–water partition coefficient (Wildman–Crippen LogP) is 14.0. The average molecular weight is 789 g/mol. The summed E-state index contributed by atoms with van der Waals surface area (Å²) in [5.74, 6) is -1.24. The molecular formula is C49H92N2O5. The fourth-order valence-corrected chi connectivity index (χ4v) is 7.32. The van der Waals surface area contributed by atoms with Crippen molar-refractivity contribution in [1.82, 2.24) is 5.32 Å². The molecule has 0 bridgehead atoms. The molecule has 0 rings (SSSR count). The molecule has 7 nitrogen and oxygen atoms in total. The van der Waals surface area contributed by atoms with Gasteiger partial charge < -0.3 is 20.9 Å². The Bertz CT molecular complexity index is 935. The van der Waals surface area contributed by atoms with E-state index in [1.54, 1.807) is 0 Å². The van der Waals surface area contributed by atoms with Crippen LogP contribution in [0, 0.1) is 0 Å². The van der Waals surface area contributed by atoms with E-state index in [0.29, 0.717) is 32.2 Å². The molecule has 0 saturated carbocycles. The van der Waals surface area contributed by atoms with Gasteiger partial charge in [0, 0.05) is 12.8 Å². The van der Waals surface area contributed by atoms with Crippen LogP contribution in [0.25, 0.3) is 0 Å². The van der Waals surface area contributed by atoms with Crippen LogP contribution in [0.2, 0.25) is 0 Å². The van der Waals surface area contributed by atoms with E-state index in [-0.39, 0.29) is 18.0 Å². The van der Waals surface area contributed by atoms with Crippen LogP contribution in [0.5, 0.6) is 0 Å². The van der Waals surface area contributed by atoms with Crippen molar-refractivity contribution >= 4 is 17.8 Å². The summed E-state index contributed by atoms with van der Waals surface area (Å²) in [5, 5.41) is 12.0. The van der Waals surface area contributed by atoms with Crippen molar-refractivity contribution in [2.45, 2.75) is 264 Å². The first-order chi connectivity index (χ1) is 27.4. The van der Waals surface area contributed by atoms with Crippen LogP contribution in [-0.2, 0) is 19.1 Å². The quantitative estimate of drug-likeness (QED) is 0.0321. The fourth-order valence-electron chi connectivity index (χ4n) is 7.32. The second-order valence-corrected chi connectivity index (χ2v) is 16.5. The van der Waals surface area contributed by atoms with Gasteiger partial charge in [-0.15, -0.1) is 0 Å². The Kier molecular flexibility index (Phi) is 42.3. The normalized spacial score (nSPS) is 12.8. The highest BCUT2D eigenvalue weighted by atomic mass is 16.5. The predicted molar refractivity (Wildman–Crippen MR) is 239 cm³/mol. The van der Waals surface area contributed by atoms with Gasteiger partial charge in [-0.25, -0.2) is 4.79 Å². The zero-order valence-electron chi connectivity index (χ0n) is 37.0. The van der Waals surface area contributed by atoms with E-state index in [1.165, 1.54) is 141 Å². The van der Waals surface area contributed by atoms with Crippen LogP contribution in [0.1, 0.15) is 251 Å². The first kappa shape index (κ1) is 53.9. The lowest BCUT2D eigenvalue weighted by Crippen LogP contribution is -2.40. The standard InChI is InChI=1S/C49H92N2O5/c1-3-5-7-9-11-13-15-17-19-21-23-25-27-30-34-39-45(40-35-31-29-32-36-42-47(52)51-46(49(54)55)41-38-44-50)56-48(53)43-37-33-28-26-24-22-20-18-16-14-12-10-8-6-4-2/h18,20-21,23,45-46H,3-17,19,22,24-44,50H2,1-2H3,(H,51,52)(H,54,55)/b20-18-,23-21-. The maximum absolute atomic E-state index is 12.8. The highest BCUT2D eigenvalue weighted by molar-refractivity contribution is 5.83. The average Bonchev–Trinajstić information content (AvgIpc) is 3.18. The smallest absolute Gasteiger partial charge is 0.326 e. The monoisotopic (exact) mass is 789 g/mol. The summed E-state index contributed by atoms with van der Waals surface area (Å²) in [7, 11) is 0. The van der Waals surface area contributed by atoms with Gasteiger partial charge in [-0.2, -0.15) is 0 Å². The Labute approximate surface area is 346 Å². The number of aliphatic carboxylic acids is 1. The lowest BCUT2D eigenvalue weighted by atomic mass is 10.0. The van der Waals surface area contributed by atoms with Gasteiger partial charge in [0.05, 0.1) is 0 Å². The molecule has 0 aromatic rings. The maximum Gasteiger partial charge on any atom is 0.326 e. The number of carboxylic acid groups (broad SMARTS) is 1. The summed E-state index contributed by atoms with van der Waals surface area (Å²) in [6.07, 6.45) is 50.8. The van der Waals surface area contributed by atoms with E-state index in [1.807, 2.05) is 0 Å². The fraction of sp³-hybridized carbons (Fsp3) is 0.857. The van der Waals surface area contributed by atoms with E-state index >= 15 is 0 Å². The topological polar surface area (TPSA) is 119 Å². The number of hydrogen-bond donors (Lipinski definition) is 3. The van der Waals surface area contributed by atoms with Gasteiger partial charge in [-0.1, -0.05) is 160 Å². The van der Waals surface area contributed by atoms with Crippen molar-refractivity contribution in [3.05, 3.63) is 24.3 Å². The van der Waals surface area contributed by atoms with Crippen LogP contribution in [-0.4, -0.2) is 41.6 Å². The Balaban J connectivity index is 4.35. The molecule has 0 aliphatic heterocycles. The number of carbonyl (C=O) groups is 3. The summed E-state index contributed by atoms with van der Waals surface area (Å²) >= 11 is 0. The van der Waals surface area contributed by atoms with Crippen LogP contribution in [0.3, 0.4) is 0 Å². The molecule has 0 fully saturated rings. The number of rotatable bonds is 44. The van der Waals surface area contributed by atoms with Crippen molar-refractivity contribution in [2.75, 3.05) is 6.54 Å². The number of carbonyl (C=O) groups excluding carboxylic acids is 2. The van der Waals surface area contributed by atoms with Gasteiger partial charge in [0.2, 0.25) is 5.91 Å². The molecular weight excluding hydrogens is 697 g/mol. The largest absolute Gasteiger partial charge is 0.480 e. The van der Waals surface area contributed by atoms with E-state index in [2.05, 4.69) is 43.5 Å². The number of esters is 1. The highest BCUT2D eigenvalue weighted by Crippen LogP contribution is 2.19. The second-order valence-electron chi connectivity index (χ2n) is 16.5. The molecule has 328 valence electrons. The van der Waals surface area contributed by atoms with Crippen molar-refractivity contribution < 1.29 is 24.2 Å². The van der Waals surface area contributed by atoms with Crippen LogP contribution >= 0.6 is 0 Å². The van der Waals surface area contributed by atoms with E-state index in [0.717, 1.165) is 70.6 Å². The van der Waals surface area contributed by atoms with Crippen molar-refractivity contribution in [2.24, 2.45) is 5.73 Å². The molecule has 0 saturated heterocycles. The number of hydrogen-bond acceptors (Lipinski definition) is 5. The molecule has 0 aliphatic rings. The number of nitrogens with two attached hydrogens (primary N) is 1. The Morgan fingerprint density at radius 1 is 0.500 bits per heavy atom. The molecule has 0 heterocycles. The lowest BCUT2D eigenvalue weighted by Gasteiger charge is -2.18. The summed E-state index contributed by atoms with van der Waals surface area (Å²) in [6, 6.07) is -0.858. The van der Waals surface area contributed by atoms with Crippen molar-refractivity contribution in [1.29, 1.82) is 0 Å². The molecule has 0 spiro atoms. The molecule has 4 N–H and O–H groups in total. The van der Waals surface area contributed by atoms with E-state index < -0.39 is 12.0 Å². The summed E-state index contributed by atoms with van der Waals surface area (Å²) < 4.78 is 6.06. The molecule has 0 aromatic heterocycles. The zero-order valence-corrected chi connectivity index (χ0v) is 37.0. The third-order valence-corrected chi connectivity index (χ3v) is 11.0. The first-order valence-corrected chi connectivity index (χ1v) is 24.2. The molecule has 0 aromatic carbocycles. The Morgan fingerprint density at radius 2 is 0.875 bits per heavy atom. The number of amides is 1.